The number of nitrogens with one attached hydrogen (secondary N) is 1. The molecule has 0 atom stereocenters. The Morgan fingerprint density at radius 1 is 1.37 bits per heavy atom. The van der Waals surface area contributed by atoms with E-state index in [1.54, 1.807) is 0 Å². The molecule has 0 aromatic heterocycles. The summed E-state index contributed by atoms with van der Waals surface area (Å²) < 4.78 is 27.0. The predicted octanol–water partition coefficient (Wildman–Crippen LogP) is 2.78. The zero-order valence-electron chi connectivity index (χ0n) is 10.5. The second-order valence-electron chi connectivity index (χ2n) is 4.59. The first-order chi connectivity index (χ1) is 9.09. The zero-order valence-corrected chi connectivity index (χ0v) is 10.5. The van der Waals surface area contributed by atoms with Crippen LogP contribution in [0.1, 0.15) is 36.0 Å². The fourth-order valence-corrected chi connectivity index (χ4v) is 2.17. The Morgan fingerprint density at radius 2 is 2.16 bits per heavy atom. The zero-order chi connectivity index (χ0) is 13.8. The SMILES string of the molecule is Nc1ccc(F)c(C(=O)NCCC2=CCCC2)c1F. The summed E-state index contributed by atoms with van der Waals surface area (Å²) in [5.74, 6) is -2.66. The molecule has 102 valence electrons. The Hall–Kier alpha value is -1.91. The van der Waals surface area contributed by atoms with Crippen LogP contribution in [0, 0.1) is 11.6 Å². The van der Waals surface area contributed by atoms with Gasteiger partial charge in [0.25, 0.3) is 5.91 Å². The number of hydrogen-bond donors (Lipinski definition) is 2. The van der Waals surface area contributed by atoms with E-state index >= 15 is 0 Å². The van der Waals surface area contributed by atoms with Crippen LogP contribution in [0.15, 0.2) is 23.8 Å². The molecule has 0 fully saturated rings. The van der Waals surface area contributed by atoms with Crippen molar-refractivity contribution in [2.24, 2.45) is 0 Å². The first-order valence-corrected chi connectivity index (χ1v) is 6.29. The fraction of sp³-hybridized carbons (Fsp3) is 0.357. The third kappa shape index (κ3) is 3.10. The van der Waals surface area contributed by atoms with Crippen molar-refractivity contribution < 1.29 is 13.6 Å². The van der Waals surface area contributed by atoms with E-state index < -0.39 is 23.1 Å². The molecule has 1 aromatic carbocycles. The molecule has 0 saturated carbocycles. The molecule has 0 unspecified atom stereocenters. The van der Waals surface area contributed by atoms with Crippen molar-refractivity contribution in [3.05, 3.63) is 41.0 Å². The van der Waals surface area contributed by atoms with Gasteiger partial charge in [0.05, 0.1) is 5.69 Å². The highest BCUT2D eigenvalue weighted by Crippen LogP contribution is 2.20. The van der Waals surface area contributed by atoms with Gasteiger partial charge < -0.3 is 11.1 Å². The van der Waals surface area contributed by atoms with Crippen molar-refractivity contribution in [1.29, 1.82) is 0 Å². The lowest BCUT2D eigenvalue weighted by Gasteiger charge is -2.08. The number of rotatable bonds is 4. The molecule has 0 radical (unpaired) electrons. The number of anilines is 1. The van der Waals surface area contributed by atoms with Crippen LogP contribution in [0.2, 0.25) is 0 Å². The van der Waals surface area contributed by atoms with E-state index in [0.29, 0.717) is 6.54 Å². The lowest BCUT2D eigenvalue weighted by Crippen LogP contribution is -2.27. The van der Waals surface area contributed by atoms with Gasteiger partial charge in [-0.1, -0.05) is 11.6 Å². The number of halogens is 2. The van der Waals surface area contributed by atoms with Gasteiger partial charge in [0, 0.05) is 6.54 Å². The summed E-state index contributed by atoms with van der Waals surface area (Å²) in [6.07, 6.45) is 6.12. The molecule has 0 heterocycles. The molecule has 1 aromatic rings. The molecule has 0 saturated heterocycles. The quantitative estimate of drug-likeness (QED) is 0.650. The van der Waals surface area contributed by atoms with Crippen LogP contribution in [-0.2, 0) is 0 Å². The van der Waals surface area contributed by atoms with Gasteiger partial charge in [-0.25, -0.2) is 8.78 Å². The van der Waals surface area contributed by atoms with Crippen molar-refractivity contribution >= 4 is 11.6 Å². The van der Waals surface area contributed by atoms with E-state index in [1.165, 1.54) is 5.57 Å². The highest BCUT2D eigenvalue weighted by Gasteiger charge is 2.19. The highest BCUT2D eigenvalue weighted by molar-refractivity contribution is 5.95. The van der Waals surface area contributed by atoms with Crippen molar-refractivity contribution in [3.63, 3.8) is 0 Å². The molecule has 5 heteroatoms. The number of hydrogen-bond acceptors (Lipinski definition) is 2. The topological polar surface area (TPSA) is 55.1 Å². The normalized spacial score (nSPS) is 14.3. The first kappa shape index (κ1) is 13.5. The van der Waals surface area contributed by atoms with Crippen molar-refractivity contribution in [3.8, 4) is 0 Å². The summed E-state index contributed by atoms with van der Waals surface area (Å²) in [4.78, 5) is 11.7. The first-order valence-electron chi connectivity index (χ1n) is 6.29. The second-order valence-corrected chi connectivity index (χ2v) is 4.59. The molecule has 1 aliphatic carbocycles. The number of amides is 1. The van der Waals surface area contributed by atoms with Crippen molar-refractivity contribution in [2.75, 3.05) is 12.3 Å². The maximum atomic E-state index is 13.6. The minimum absolute atomic E-state index is 0.231. The van der Waals surface area contributed by atoms with Gasteiger partial charge >= 0.3 is 0 Å². The molecule has 2 rings (SSSR count). The van der Waals surface area contributed by atoms with E-state index in [-0.39, 0.29) is 5.69 Å². The minimum Gasteiger partial charge on any atom is -0.396 e. The number of allylic oxidation sites excluding steroid dienone is 1. The monoisotopic (exact) mass is 266 g/mol. The molecule has 1 amide bonds. The van der Waals surface area contributed by atoms with Gasteiger partial charge in [0.1, 0.15) is 11.4 Å². The fourth-order valence-electron chi connectivity index (χ4n) is 2.17. The Balaban J connectivity index is 1.98. The van der Waals surface area contributed by atoms with Crippen LogP contribution in [0.5, 0.6) is 0 Å². The van der Waals surface area contributed by atoms with Crippen LogP contribution in [0.25, 0.3) is 0 Å². The molecule has 0 spiro atoms. The summed E-state index contributed by atoms with van der Waals surface area (Å²) in [7, 11) is 0. The van der Waals surface area contributed by atoms with Crippen molar-refractivity contribution in [1.82, 2.24) is 5.32 Å². The second kappa shape index (κ2) is 5.82. The summed E-state index contributed by atoms with van der Waals surface area (Å²) in [5, 5.41) is 2.52. The minimum atomic E-state index is -1.00. The Bertz CT molecular complexity index is 526. The van der Waals surface area contributed by atoms with E-state index in [2.05, 4.69) is 11.4 Å². The Labute approximate surface area is 110 Å². The van der Waals surface area contributed by atoms with Crippen LogP contribution in [0.3, 0.4) is 0 Å². The third-order valence-electron chi connectivity index (χ3n) is 3.21. The van der Waals surface area contributed by atoms with Gasteiger partial charge in [0.2, 0.25) is 0 Å². The average Bonchev–Trinajstić information content (AvgIpc) is 2.87. The summed E-state index contributed by atoms with van der Waals surface area (Å²) in [5.41, 5.74) is 5.77. The standard InChI is InChI=1S/C14H16F2N2O/c15-10-5-6-11(17)13(16)12(10)14(19)18-8-7-9-3-1-2-4-9/h3,5-6H,1-2,4,7-8,17H2,(H,18,19). The van der Waals surface area contributed by atoms with Gasteiger partial charge in [-0.05, 0) is 37.8 Å². The molecular weight excluding hydrogens is 250 g/mol. The van der Waals surface area contributed by atoms with Gasteiger partial charge in [-0.3, -0.25) is 4.79 Å². The van der Waals surface area contributed by atoms with E-state index in [9.17, 15) is 13.6 Å². The van der Waals surface area contributed by atoms with Crippen LogP contribution >= 0.6 is 0 Å². The predicted molar refractivity (Wildman–Crippen MR) is 69.7 cm³/mol. The summed E-state index contributed by atoms with van der Waals surface area (Å²) in [6, 6.07) is 2.09. The maximum absolute atomic E-state index is 13.6. The molecule has 19 heavy (non-hydrogen) atoms. The number of carbonyl (C=O) groups excluding carboxylic acids is 1. The molecular formula is C14H16F2N2O. The van der Waals surface area contributed by atoms with E-state index in [1.807, 2.05) is 0 Å². The Morgan fingerprint density at radius 3 is 2.84 bits per heavy atom. The molecule has 3 nitrogen and oxygen atoms in total. The Kier molecular flexibility index (Phi) is 4.14. The smallest absolute Gasteiger partial charge is 0.257 e. The molecule has 3 N–H and O–H groups in total. The van der Waals surface area contributed by atoms with Crippen LogP contribution < -0.4 is 11.1 Å². The summed E-state index contributed by atoms with van der Waals surface area (Å²) >= 11 is 0. The van der Waals surface area contributed by atoms with E-state index in [4.69, 9.17) is 5.73 Å². The van der Waals surface area contributed by atoms with Gasteiger partial charge in [-0.2, -0.15) is 0 Å². The van der Waals surface area contributed by atoms with Gasteiger partial charge in [0.15, 0.2) is 5.82 Å². The maximum Gasteiger partial charge on any atom is 0.257 e. The summed E-state index contributed by atoms with van der Waals surface area (Å²) in [6.45, 7) is 0.373. The van der Waals surface area contributed by atoms with Crippen LogP contribution in [0.4, 0.5) is 14.5 Å². The van der Waals surface area contributed by atoms with Crippen LogP contribution in [-0.4, -0.2) is 12.5 Å². The molecule has 1 aliphatic rings. The highest BCUT2D eigenvalue weighted by atomic mass is 19.1. The average molecular weight is 266 g/mol. The van der Waals surface area contributed by atoms with Crippen molar-refractivity contribution in [2.45, 2.75) is 25.7 Å². The number of carbonyl (C=O) groups is 1. The van der Waals surface area contributed by atoms with Gasteiger partial charge in [-0.15, -0.1) is 0 Å². The number of nitrogens with two attached hydrogens (primary N) is 1. The third-order valence-corrected chi connectivity index (χ3v) is 3.21. The number of benzene rings is 1. The largest absolute Gasteiger partial charge is 0.396 e. The lowest BCUT2D eigenvalue weighted by molar-refractivity contribution is 0.0946. The molecule has 0 aliphatic heterocycles. The molecule has 0 bridgehead atoms. The van der Waals surface area contributed by atoms with E-state index in [0.717, 1.165) is 37.8 Å². The lowest BCUT2D eigenvalue weighted by atomic mass is 10.1. The number of nitrogen functional groups attached to an aromatic ring is 1.